The number of hydrogen-bond acceptors (Lipinski definition) is 4. The van der Waals surface area contributed by atoms with Crippen LogP contribution in [0.1, 0.15) is 46.0 Å². The van der Waals surface area contributed by atoms with Crippen molar-refractivity contribution in [2.75, 3.05) is 0 Å². The van der Waals surface area contributed by atoms with Gasteiger partial charge < -0.3 is 15.3 Å². The zero-order valence-electron chi connectivity index (χ0n) is 17.6. The zero-order valence-corrected chi connectivity index (χ0v) is 17.6. The van der Waals surface area contributed by atoms with Crippen molar-refractivity contribution in [1.29, 1.82) is 5.26 Å². The molecule has 3 aromatic carbocycles. The first-order valence-electron chi connectivity index (χ1n) is 11.1. The summed E-state index contributed by atoms with van der Waals surface area (Å²) in [5, 5.41) is 15.5. The highest BCUT2D eigenvalue weighted by Crippen LogP contribution is 2.47. The van der Waals surface area contributed by atoms with Gasteiger partial charge in [-0.3, -0.25) is 14.9 Å². The number of aromatic amines is 1. The van der Waals surface area contributed by atoms with E-state index in [4.69, 9.17) is 5.73 Å². The average molecular weight is 433 g/mol. The van der Waals surface area contributed by atoms with Crippen molar-refractivity contribution in [3.63, 3.8) is 0 Å². The van der Waals surface area contributed by atoms with Crippen molar-refractivity contribution >= 4 is 55.4 Å². The number of rotatable bonds is 1. The molecule has 33 heavy (non-hydrogen) atoms. The van der Waals surface area contributed by atoms with E-state index in [1.807, 2.05) is 48.5 Å². The van der Waals surface area contributed by atoms with Crippen LogP contribution >= 0.6 is 0 Å². The molecule has 1 saturated carbocycles. The topological polar surface area (TPSA) is 117 Å². The fourth-order valence-electron chi connectivity index (χ4n) is 6.02. The van der Waals surface area contributed by atoms with E-state index in [0.29, 0.717) is 24.0 Å². The molecule has 0 bridgehead atoms. The predicted octanol–water partition coefficient (Wildman–Crippen LogP) is 4.26. The van der Waals surface area contributed by atoms with E-state index in [0.717, 1.165) is 50.0 Å². The van der Waals surface area contributed by atoms with E-state index in [-0.39, 0.29) is 17.9 Å². The van der Waals surface area contributed by atoms with Crippen molar-refractivity contribution in [3.8, 4) is 6.07 Å². The summed E-state index contributed by atoms with van der Waals surface area (Å²) in [6, 6.07) is 18.1. The molecule has 3 heterocycles. The van der Waals surface area contributed by atoms with E-state index in [9.17, 15) is 14.9 Å². The van der Waals surface area contributed by atoms with Crippen LogP contribution in [0.15, 0.2) is 48.5 Å². The molecular formula is C26H19N5O2. The van der Waals surface area contributed by atoms with Crippen LogP contribution in [0.3, 0.4) is 0 Å². The molecule has 0 radical (unpaired) electrons. The van der Waals surface area contributed by atoms with E-state index in [1.165, 1.54) is 0 Å². The summed E-state index contributed by atoms with van der Waals surface area (Å²) in [6.45, 7) is 0. The molecule has 1 aliphatic heterocycles. The van der Waals surface area contributed by atoms with Crippen LogP contribution < -0.4 is 11.1 Å². The molecule has 5 aromatic rings. The number of nitriles is 1. The minimum atomic E-state index is -0.869. The van der Waals surface area contributed by atoms with Crippen LogP contribution in [0.25, 0.3) is 43.6 Å². The number of amides is 2. The lowest BCUT2D eigenvalue weighted by Crippen LogP contribution is -2.34. The minimum Gasteiger partial charge on any atom is -0.353 e. The highest BCUT2D eigenvalue weighted by Gasteiger charge is 2.40. The number of carbonyl (C=O) groups is 2. The number of imide groups is 1. The standard InChI is InChI=1S/C26H19N5O2/c27-12-26(28)10-9-13(11-26)31-17-8-4-2-6-15(17)19-21-20(24(32)30-25(21)33)18-14-5-1-3-7-16(14)29-22(18)23(19)31/h1-8,13,29H,9-11,28H2,(H,30,32,33)/t13?,26-/m1/s1. The second-order valence-corrected chi connectivity index (χ2v) is 9.23. The van der Waals surface area contributed by atoms with Crippen molar-refractivity contribution in [1.82, 2.24) is 14.9 Å². The Kier molecular flexibility index (Phi) is 3.35. The SMILES string of the molecule is N#C[C@@]1(N)CCC(n2c3ccccc3c3c4c(c5c6ccccc6[nH]c5c32)C(=O)NC4=O)C1. The van der Waals surface area contributed by atoms with Gasteiger partial charge in [-0.2, -0.15) is 5.26 Å². The molecule has 7 nitrogen and oxygen atoms in total. The number of para-hydroxylation sites is 2. The quantitative estimate of drug-likeness (QED) is 0.343. The van der Waals surface area contributed by atoms with E-state index in [1.54, 1.807) is 0 Å². The Morgan fingerprint density at radius 2 is 1.70 bits per heavy atom. The van der Waals surface area contributed by atoms with Crippen LogP contribution in [0.5, 0.6) is 0 Å². The van der Waals surface area contributed by atoms with Gasteiger partial charge in [0.15, 0.2) is 0 Å². The molecule has 2 aliphatic rings. The summed E-state index contributed by atoms with van der Waals surface area (Å²) in [7, 11) is 0. The maximum Gasteiger partial charge on any atom is 0.259 e. The summed E-state index contributed by atoms with van der Waals surface area (Å²) >= 11 is 0. The highest BCUT2D eigenvalue weighted by atomic mass is 16.2. The summed E-state index contributed by atoms with van der Waals surface area (Å²) in [5.74, 6) is -0.735. The predicted molar refractivity (Wildman–Crippen MR) is 126 cm³/mol. The van der Waals surface area contributed by atoms with Gasteiger partial charge in [0.1, 0.15) is 5.54 Å². The fraction of sp³-hybridized carbons (Fsp3) is 0.192. The Morgan fingerprint density at radius 1 is 1.00 bits per heavy atom. The minimum absolute atomic E-state index is 0.00452. The first-order valence-corrected chi connectivity index (χ1v) is 11.1. The molecule has 2 amide bonds. The van der Waals surface area contributed by atoms with Gasteiger partial charge in [0.2, 0.25) is 0 Å². The Hall–Kier alpha value is -4.15. The molecule has 2 atom stereocenters. The lowest BCUT2D eigenvalue weighted by atomic mass is 9.96. The summed E-state index contributed by atoms with van der Waals surface area (Å²) in [4.78, 5) is 29.6. The van der Waals surface area contributed by atoms with E-state index >= 15 is 0 Å². The second kappa shape index (κ2) is 6.00. The number of aromatic nitrogens is 2. The molecule has 1 unspecified atom stereocenters. The molecule has 7 heteroatoms. The van der Waals surface area contributed by atoms with Crippen molar-refractivity contribution < 1.29 is 9.59 Å². The normalized spacial score (nSPS) is 22.5. The Bertz CT molecular complexity index is 1750. The van der Waals surface area contributed by atoms with Crippen LogP contribution in [-0.2, 0) is 0 Å². The third kappa shape index (κ3) is 2.21. The molecule has 0 saturated heterocycles. The van der Waals surface area contributed by atoms with Crippen molar-refractivity contribution in [2.45, 2.75) is 30.8 Å². The summed E-state index contributed by atoms with van der Waals surface area (Å²) in [6.07, 6.45) is 1.91. The second-order valence-electron chi connectivity index (χ2n) is 9.23. The van der Waals surface area contributed by atoms with Gasteiger partial charge in [0.25, 0.3) is 11.8 Å². The first kappa shape index (κ1) is 18.4. The van der Waals surface area contributed by atoms with Gasteiger partial charge in [0, 0.05) is 38.6 Å². The number of carbonyl (C=O) groups excluding carboxylic acids is 2. The largest absolute Gasteiger partial charge is 0.353 e. The Balaban J connectivity index is 1.74. The van der Waals surface area contributed by atoms with Gasteiger partial charge in [-0.05, 0) is 31.4 Å². The number of benzene rings is 3. The van der Waals surface area contributed by atoms with Crippen molar-refractivity contribution in [3.05, 3.63) is 59.7 Å². The first-order chi connectivity index (χ1) is 16.0. The molecule has 1 aliphatic carbocycles. The van der Waals surface area contributed by atoms with Crippen molar-refractivity contribution in [2.24, 2.45) is 5.73 Å². The maximum absolute atomic E-state index is 13.1. The molecule has 160 valence electrons. The fourth-order valence-corrected chi connectivity index (χ4v) is 6.02. The number of fused-ring (bicyclic) bond motifs is 10. The molecule has 7 rings (SSSR count). The average Bonchev–Trinajstić information content (AvgIpc) is 3.55. The number of nitrogens with one attached hydrogen (secondary N) is 2. The number of nitrogens with zero attached hydrogens (tertiary/aromatic N) is 2. The highest BCUT2D eigenvalue weighted by molar-refractivity contribution is 6.39. The molecule has 2 aromatic heterocycles. The van der Waals surface area contributed by atoms with E-state index < -0.39 is 5.54 Å². The lowest BCUT2D eigenvalue weighted by molar-refractivity contribution is 0.0880. The Labute approximate surface area is 187 Å². The van der Waals surface area contributed by atoms with Gasteiger partial charge >= 0.3 is 0 Å². The zero-order chi connectivity index (χ0) is 22.5. The molecular weight excluding hydrogens is 414 g/mol. The van der Waals surface area contributed by atoms with Gasteiger partial charge in [-0.1, -0.05) is 36.4 Å². The number of H-pyrrole nitrogens is 1. The smallest absolute Gasteiger partial charge is 0.259 e. The monoisotopic (exact) mass is 433 g/mol. The van der Waals surface area contributed by atoms with Crippen LogP contribution in [-0.4, -0.2) is 26.9 Å². The van der Waals surface area contributed by atoms with Crippen LogP contribution in [0, 0.1) is 11.3 Å². The van der Waals surface area contributed by atoms with Crippen LogP contribution in [0.4, 0.5) is 0 Å². The van der Waals surface area contributed by atoms with Gasteiger partial charge in [-0.15, -0.1) is 0 Å². The third-order valence-electron chi connectivity index (χ3n) is 7.40. The van der Waals surface area contributed by atoms with Crippen LogP contribution in [0.2, 0.25) is 0 Å². The third-order valence-corrected chi connectivity index (χ3v) is 7.40. The maximum atomic E-state index is 13.1. The van der Waals surface area contributed by atoms with Gasteiger partial charge in [0.05, 0.1) is 28.2 Å². The number of hydrogen-bond donors (Lipinski definition) is 3. The molecule has 0 spiro atoms. The van der Waals surface area contributed by atoms with Gasteiger partial charge in [-0.25, -0.2) is 0 Å². The summed E-state index contributed by atoms with van der Waals surface area (Å²) in [5.41, 5.74) is 9.94. The molecule has 1 fully saturated rings. The summed E-state index contributed by atoms with van der Waals surface area (Å²) < 4.78 is 2.24. The Morgan fingerprint density at radius 3 is 2.45 bits per heavy atom. The lowest BCUT2D eigenvalue weighted by Gasteiger charge is -2.18. The van der Waals surface area contributed by atoms with E-state index in [2.05, 4.69) is 20.9 Å². The number of nitrogens with two attached hydrogens (primary N) is 1. The molecule has 4 N–H and O–H groups in total.